The van der Waals surface area contributed by atoms with Crippen LogP contribution >= 0.6 is 0 Å². The minimum absolute atomic E-state index is 0.227. The Morgan fingerprint density at radius 2 is 2.16 bits per heavy atom. The van der Waals surface area contributed by atoms with E-state index in [0.717, 1.165) is 26.1 Å². The molecule has 0 saturated heterocycles. The van der Waals surface area contributed by atoms with E-state index < -0.39 is 0 Å². The van der Waals surface area contributed by atoms with Gasteiger partial charge >= 0.3 is 0 Å². The molecule has 1 fully saturated rings. The molecule has 1 aliphatic carbocycles. The van der Waals surface area contributed by atoms with Crippen molar-refractivity contribution in [2.45, 2.75) is 64.1 Å². The molecule has 1 aliphatic rings. The summed E-state index contributed by atoms with van der Waals surface area (Å²) < 4.78 is 2.13. The summed E-state index contributed by atoms with van der Waals surface area (Å²) in [6.45, 7) is 4.80. The van der Waals surface area contributed by atoms with Crippen molar-refractivity contribution >= 4 is 0 Å². The van der Waals surface area contributed by atoms with Gasteiger partial charge in [0.25, 0.3) is 0 Å². The van der Waals surface area contributed by atoms with E-state index in [2.05, 4.69) is 14.5 Å². The number of aromatic nitrogens is 2. The summed E-state index contributed by atoms with van der Waals surface area (Å²) in [7, 11) is 0. The molecule has 0 bridgehead atoms. The molecule has 1 aromatic heterocycles. The zero-order valence-electron chi connectivity index (χ0n) is 12.0. The van der Waals surface area contributed by atoms with Gasteiger partial charge < -0.3 is 9.67 Å². The lowest BCUT2D eigenvalue weighted by molar-refractivity contribution is 0.0806. The third kappa shape index (κ3) is 4.96. The third-order valence-corrected chi connectivity index (χ3v) is 4.01. The van der Waals surface area contributed by atoms with Crippen LogP contribution in [0.15, 0.2) is 18.7 Å². The first-order chi connectivity index (χ1) is 9.25. The Morgan fingerprint density at radius 3 is 2.79 bits per heavy atom. The van der Waals surface area contributed by atoms with Crippen LogP contribution in [0.4, 0.5) is 0 Å². The van der Waals surface area contributed by atoms with E-state index in [4.69, 9.17) is 0 Å². The van der Waals surface area contributed by atoms with Crippen LogP contribution in [0.1, 0.15) is 45.4 Å². The summed E-state index contributed by atoms with van der Waals surface area (Å²) in [6.07, 6.45) is 13.3. The van der Waals surface area contributed by atoms with E-state index in [9.17, 15) is 5.11 Å². The van der Waals surface area contributed by atoms with Crippen molar-refractivity contribution in [2.24, 2.45) is 0 Å². The number of imidazole rings is 1. The average Bonchev–Trinajstić information content (AvgIpc) is 2.91. The lowest BCUT2D eigenvalue weighted by atomic mass is 9.94. The molecule has 0 amide bonds. The number of hydrogen-bond donors (Lipinski definition) is 1. The van der Waals surface area contributed by atoms with Crippen LogP contribution in [0.25, 0.3) is 0 Å². The van der Waals surface area contributed by atoms with Crippen molar-refractivity contribution < 1.29 is 5.11 Å². The van der Waals surface area contributed by atoms with Crippen LogP contribution in [-0.4, -0.2) is 44.8 Å². The van der Waals surface area contributed by atoms with Crippen LogP contribution in [0.3, 0.4) is 0 Å². The first-order valence-electron chi connectivity index (χ1n) is 7.63. The fourth-order valence-corrected chi connectivity index (χ4v) is 3.08. The number of hydrogen-bond acceptors (Lipinski definition) is 3. The number of rotatable bonds is 7. The highest BCUT2D eigenvalue weighted by atomic mass is 16.3. The van der Waals surface area contributed by atoms with E-state index in [-0.39, 0.29) is 6.10 Å². The van der Waals surface area contributed by atoms with E-state index in [1.54, 1.807) is 0 Å². The van der Waals surface area contributed by atoms with E-state index in [1.807, 2.05) is 25.6 Å². The predicted octanol–water partition coefficient (Wildman–Crippen LogP) is 2.29. The molecule has 1 aromatic rings. The molecule has 108 valence electrons. The summed E-state index contributed by atoms with van der Waals surface area (Å²) in [5.41, 5.74) is 0. The molecule has 1 heterocycles. The Labute approximate surface area is 116 Å². The second-order valence-electron chi connectivity index (χ2n) is 5.79. The van der Waals surface area contributed by atoms with Gasteiger partial charge in [-0.2, -0.15) is 0 Å². The molecule has 2 rings (SSSR count). The number of aryl methyl sites for hydroxylation is 1. The van der Waals surface area contributed by atoms with Crippen LogP contribution in [-0.2, 0) is 6.54 Å². The largest absolute Gasteiger partial charge is 0.392 e. The van der Waals surface area contributed by atoms with Gasteiger partial charge in [-0.3, -0.25) is 4.90 Å². The Morgan fingerprint density at radius 1 is 1.37 bits per heavy atom. The third-order valence-electron chi connectivity index (χ3n) is 4.01. The topological polar surface area (TPSA) is 41.3 Å². The SMILES string of the molecule is CC(O)CN(CCCn1ccnc1)C1CCCCC1. The zero-order chi connectivity index (χ0) is 13.5. The summed E-state index contributed by atoms with van der Waals surface area (Å²) in [5.74, 6) is 0. The smallest absolute Gasteiger partial charge is 0.0945 e. The molecule has 0 radical (unpaired) electrons. The molecular formula is C15H27N3O. The van der Waals surface area contributed by atoms with Gasteiger partial charge in [-0.15, -0.1) is 0 Å². The molecule has 4 heteroatoms. The molecule has 1 saturated carbocycles. The van der Waals surface area contributed by atoms with E-state index in [1.165, 1.54) is 32.1 Å². The maximum absolute atomic E-state index is 9.68. The highest BCUT2D eigenvalue weighted by Gasteiger charge is 2.21. The first kappa shape index (κ1) is 14.5. The quantitative estimate of drug-likeness (QED) is 0.822. The van der Waals surface area contributed by atoms with Crippen LogP contribution in [0, 0.1) is 0 Å². The van der Waals surface area contributed by atoms with Crippen LogP contribution in [0.5, 0.6) is 0 Å². The fraction of sp³-hybridized carbons (Fsp3) is 0.800. The van der Waals surface area contributed by atoms with Crippen molar-refractivity contribution in [2.75, 3.05) is 13.1 Å². The Bertz CT molecular complexity index is 331. The van der Waals surface area contributed by atoms with Crippen LogP contribution < -0.4 is 0 Å². The van der Waals surface area contributed by atoms with Gasteiger partial charge in [-0.25, -0.2) is 4.98 Å². The van der Waals surface area contributed by atoms with Gasteiger partial charge in [0.2, 0.25) is 0 Å². The fourth-order valence-electron chi connectivity index (χ4n) is 3.08. The minimum atomic E-state index is -0.227. The van der Waals surface area contributed by atoms with Gasteiger partial charge in [-0.05, 0) is 26.2 Å². The van der Waals surface area contributed by atoms with Gasteiger partial charge in [0.05, 0.1) is 12.4 Å². The van der Waals surface area contributed by atoms with Gasteiger partial charge in [0.1, 0.15) is 0 Å². The predicted molar refractivity (Wildman–Crippen MR) is 77.0 cm³/mol. The Kier molecular flexibility index (Phi) is 5.86. The highest BCUT2D eigenvalue weighted by molar-refractivity contribution is 4.78. The molecule has 19 heavy (non-hydrogen) atoms. The number of nitrogens with zero attached hydrogens (tertiary/aromatic N) is 3. The van der Waals surface area contributed by atoms with E-state index >= 15 is 0 Å². The van der Waals surface area contributed by atoms with Gasteiger partial charge in [0, 0.05) is 38.1 Å². The standard InChI is InChI=1S/C15H27N3O/c1-14(19)12-18(15-6-3-2-4-7-15)10-5-9-17-11-8-16-13-17/h8,11,13-15,19H,2-7,9-10,12H2,1H3. The monoisotopic (exact) mass is 265 g/mol. The van der Waals surface area contributed by atoms with Crippen molar-refractivity contribution in [3.63, 3.8) is 0 Å². The van der Waals surface area contributed by atoms with Gasteiger partial charge in [-0.1, -0.05) is 19.3 Å². The second kappa shape index (κ2) is 7.65. The normalized spacial score (nSPS) is 18.9. The summed E-state index contributed by atoms with van der Waals surface area (Å²) in [6, 6.07) is 0.686. The van der Waals surface area contributed by atoms with Crippen molar-refractivity contribution in [1.29, 1.82) is 0 Å². The van der Waals surface area contributed by atoms with Crippen molar-refractivity contribution in [1.82, 2.24) is 14.5 Å². The lowest BCUT2D eigenvalue weighted by Crippen LogP contribution is -2.41. The molecule has 4 nitrogen and oxygen atoms in total. The van der Waals surface area contributed by atoms with Gasteiger partial charge in [0.15, 0.2) is 0 Å². The highest BCUT2D eigenvalue weighted by Crippen LogP contribution is 2.23. The maximum Gasteiger partial charge on any atom is 0.0945 e. The molecule has 0 aliphatic heterocycles. The van der Waals surface area contributed by atoms with Crippen molar-refractivity contribution in [3.05, 3.63) is 18.7 Å². The molecule has 0 aromatic carbocycles. The lowest BCUT2D eigenvalue weighted by Gasteiger charge is -2.35. The molecule has 1 atom stereocenters. The average molecular weight is 265 g/mol. The number of aliphatic hydroxyl groups excluding tert-OH is 1. The molecule has 1 unspecified atom stereocenters. The van der Waals surface area contributed by atoms with Crippen LogP contribution in [0.2, 0.25) is 0 Å². The molecule has 1 N–H and O–H groups in total. The maximum atomic E-state index is 9.68. The minimum Gasteiger partial charge on any atom is -0.392 e. The molecule has 0 spiro atoms. The van der Waals surface area contributed by atoms with E-state index in [0.29, 0.717) is 6.04 Å². The number of aliphatic hydroxyl groups is 1. The summed E-state index contributed by atoms with van der Waals surface area (Å²) >= 11 is 0. The second-order valence-corrected chi connectivity index (χ2v) is 5.79. The Hall–Kier alpha value is -0.870. The summed E-state index contributed by atoms with van der Waals surface area (Å²) in [4.78, 5) is 6.57. The Balaban J connectivity index is 1.79. The van der Waals surface area contributed by atoms with Crippen molar-refractivity contribution in [3.8, 4) is 0 Å². The first-order valence-corrected chi connectivity index (χ1v) is 7.63. The summed E-state index contributed by atoms with van der Waals surface area (Å²) in [5, 5.41) is 9.68. The molecular weight excluding hydrogens is 238 g/mol. The zero-order valence-corrected chi connectivity index (χ0v) is 12.0.